The van der Waals surface area contributed by atoms with Crippen molar-refractivity contribution in [1.29, 1.82) is 0 Å². The molecule has 3 N–H and O–H groups in total. The number of nitrogens with one attached hydrogen (secondary N) is 1. The average Bonchev–Trinajstić information content (AvgIpc) is 3.05. The van der Waals surface area contributed by atoms with Crippen LogP contribution in [0.3, 0.4) is 0 Å². The number of nitrogens with two attached hydrogens (primary N) is 1. The quantitative estimate of drug-likeness (QED) is 0.708. The summed E-state index contributed by atoms with van der Waals surface area (Å²) in [5.74, 6) is -0.924. The van der Waals surface area contributed by atoms with Gasteiger partial charge in [-0.1, -0.05) is 31.2 Å². The van der Waals surface area contributed by atoms with Gasteiger partial charge < -0.3 is 15.6 Å². The summed E-state index contributed by atoms with van der Waals surface area (Å²) in [7, 11) is 1.52. The molecule has 2 unspecified atom stereocenters. The first kappa shape index (κ1) is 19.2. The van der Waals surface area contributed by atoms with E-state index in [1.807, 2.05) is 12.1 Å². The number of carbonyl (C=O) groups is 2. The summed E-state index contributed by atoms with van der Waals surface area (Å²) >= 11 is 0. The van der Waals surface area contributed by atoms with Crippen LogP contribution in [0.1, 0.15) is 46.6 Å². The molecule has 1 aliphatic carbocycles. The van der Waals surface area contributed by atoms with Crippen LogP contribution in [0, 0.1) is 11.7 Å². The number of hydrogen-bond acceptors (Lipinski definition) is 2. The predicted molar refractivity (Wildman–Crippen MR) is 110 cm³/mol. The number of hydrogen-bond donors (Lipinski definition) is 2. The fourth-order valence-corrected chi connectivity index (χ4v) is 4.36. The molecule has 0 saturated carbocycles. The van der Waals surface area contributed by atoms with E-state index in [0.29, 0.717) is 17.0 Å². The smallest absolute Gasteiger partial charge is 0.256 e. The largest absolute Gasteiger partial charge is 0.368 e. The summed E-state index contributed by atoms with van der Waals surface area (Å²) in [5.41, 5.74) is 9.64. The molecule has 5 nitrogen and oxygen atoms in total. The lowest BCUT2D eigenvalue weighted by Gasteiger charge is -2.26. The van der Waals surface area contributed by atoms with Crippen LogP contribution in [0.25, 0.3) is 10.9 Å². The van der Waals surface area contributed by atoms with Crippen molar-refractivity contribution in [2.24, 2.45) is 11.7 Å². The van der Waals surface area contributed by atoms with Crippen LogP contribution in [0.15, 0.2) is 42.5 Å². The number of amides is 2. The standard InChI is InChI=1S/C23H24FN3O2/c1-13-9-10-19-18(11-13)16-7-4-8-17(20(16)26-19)23(29)27(2)21(22(25)28)14-5-3-6-15(24)12-14/h3-8,12-13,21,26H,9-11H2,1-2H3,(H2,25,28). The number of benzene rings is 2. The third-order valence-electron chi connectivity index (χ3n) is 5.84. The van der Waals surface area contributed by atoms with E-state index < -0.39 is 17.8 Å². The number of aromatic amines is 1. The normalized spacial score (nSPS) is 17.0. The summed E-state index contributed by atoms with van der Waals surface area (Å²) in [4.78, 5) is 30.2. The Balaban J connectivity index is 1.75. The molecule has 0 radical (unpaired) electrons. The van der Waals surface area contributed by atoms with Crippen LogP contribution in [-0.4, -0.2) is 28.7 Å². The van der Waals surface area contributed by atoms with Gasteiger partial charge in [0.2, 0.25) is 5.91 Å². The van der Waals surface area contributed by atoms with Crippen molar-refractivity contribution in [2.45, 2.75) is 32.2 Å². The molecule has 0 saturated heterocycles. The van der Waals surface area contributed by atoms with E-state index in [-0.39, 0.29) is 5.91 Å². The van der Waals surface area contributed by atoms with Gasteiger partial charge in [-0.3, -0.25) is 9.59 Å². The van der Waals surface area contributed by atoms with Crippen molar-refractivity contribution in [3.63, 3.8) is 0 Å². The van der Waals surface area contributed by atoms with Gasteiger partial charge in [-0.05, 0) is 54.5 Å². The highest BCUT2D eigenvalue weighted by molar-refractivity contribution is 6.08. The minimum atomic E-state index is -1.06. The second kappa shape index (κ2) is 7.35. The molecule has 4 rings (SSSR count). The molecule has 0 bridgehead atoms. The zero-order valence-electron chi connectivity index (χ0n) is 16.5. The van der Waals surface area contributed by atoms with Gasteiger partial charge in [0.1, 0.15) is 11.9 Å². The van der Waals surface area contributed by atoms with Gasteiger partial charge in [-0.25, -0.2) is 4.39 Å². The number of primary amides is 1. The number of para-hydroxylation sites is 1. The van der Waals surface area contributed by atoms with Gasteiger partial charge >= 0.3 is 0 Å². The summed E-state index contributed by atoms with van der Waals surface area (Å²) in [6.45, 7) is 2.24. The van der Waals surface area contributed by atoms with Gasteiger partial charge in [-0.2, -0.15) is 0 Å². The van der Waals surface area contributed by atoms with Crippen LogP contribution in [-0.2, 0) is 17.6 Å². The highest BCUT2D eigenvalue weighted by Gasteiger charge is 2.30. The number of carbonyl (C=O) groups excluding carboxylic acids is 2. The van der Waals surface area contributed by atoms with E-state index in [4.69, 9.17) is 5.73 Å². The fourth-order valence-electron chi connectivity index (χ4n) is 4.36. The van der Waals surface area contributed by atoms with E-state index in [1.165, 1.54) is 41.4 Å². The van der Waals surface area contributed by atoms with E-state index >= 15 is 0 Å². The number of H-pyrrole nitrogens is 1. The average molecular weight is 393 g/mol. The van der Waals surface area contributed by atoms with Crippen molar-refractivity contribution in [3.05, 3.63) is 70.7 Å². The number of fused-ring (bicyclic) bond motifs is 3. The molecule has 1 heterocycles. The van der Waals surface area contributed by atoms with Crippen LogP contribution >= 0.6 is 0 Å². The lowest BCUT2D eigenvalue weighted by molar-refractivity contribution is -0.122. The summed E-state index contributed by atoms with van der Waals surface area (Å²) in [6, 6.07) is 10.2. The zero-order chi connectivity index (χ0) is 20.7. The molecule has 2 amide bonds. The van der Waals surface area contributed by atoms with Gasteiger partial charge in [-0.15, -0.1) is 0 Å². The lowest BCUT2D eigenvalue weighted by Crippen LogP contribution is -2.39. The highest BCUT2D eigenvalue weighted by Crippen LogP contribution is 2.34. The molecule has 0 spiro atoms. The molecule has 1 aromatic heterocycles. The molecular formula is C23H24FN3O2. The van der Waals surface area contributed by atoms with E-state index in [9.17, 15) is 14.0 Å². The Morgan fingerprint density at radius 3 is 2.72 bits per heavy atom. The Bertz CT molecular complexity index is 1100. The monoisotopic (exact) mass is 393 g/mol. The molecule has 3 aromatic rings. The molecule has 6 heteroatoms. The topological polar surface area (TPSA) is 79.2 Å². The number of likely N-dealkylation sites (N-methyl/N-ethyl adjacent to an activating group) is 1. The number of nitrogens with zero attached hydrogens (tertiary/aromatic N) is 1. The summed E-state index contributed by atoms with van der Waals surface area (Å²) in [6.07, 6.45) is 3.06. The first-order valence-electron chi connectivity index (χ1n) is 9.81. The maximum Gasteiger partial charge on any atom is 0.256 e. The van der Waals surface area contributed by atoms with Crippen LogP contribution in [0.4, 0.5) is 4.39 Å². The Labute approximate surface area is 168 Å². The fraction of sp³-hybridized carbons (Fsp3) is 0.304. The number of halogens is 1. The SMILES string of the molecule is CC1CCc2[nH]c3c(C(=O)N(C)C(C(N)=O)c4cccc(F)c4)cccc3c2C1. The van der Waals surface area contributed by atoms with Crippen molar-refractivity contribution in [3.8, 4) is 0 Å². The van der Waals surface area contributed by atoms with E-state index in [2.05, 4.69) is 11.9 Å². The Morgan fingerprint density at radius 2 is 2.00 bits per heavy atom. The Kier molecular flexibility index (Phi) is 4.86. The predicted octanol–water partition coefficient (Wildman–Crippen LogP) is 3.73. The van der Waals surface area contributed by atoms with Crippen molar-refractivity contribution < 1.29 is 14.0 Å². The molecule has 2 atom stereocenters. The third kappa shape index (κ3) is 3.39. The van der Waals surface area contributed by atoms with Crippen LogP contribution in [0.2, 0.25) is 0 Å². The number of aryl methyl sites for hydroxylation is 1. The molecule has 1 aliphatic rings. The maximum atomic E-state index is 13.7. The Morgan fingerprint density at radius 1 is 1.24 bits per heavy atom. The van der Waals surface area contributed by atoms with Gasteiger partial charge in [0.15, 0.2) is 0 Å². The first-order valence-corrected chi connectivity index (χ1v) is 9.81. The Hall–Kier alpha value is -3.15. The summed E-state index contributed by atoms with van der Waals surface area (Å²) in [5, 5.41) is 1.05. The molecule has 0 aliphatic heterocycles. The van der Waals surface area contributed by atoms with Crippen molar-refractivity contribution in [2.75, 3.05) is 7.05 Å². The molecule has 29 heavy (non-hydrogen) atoms. The molecule has 150 valence electrons. The number of rotatable bonds is 4. The lowest BCUT2D eigenvalue weighted by atomic mass is 9.87. The van der Waals surface area contributed by atoms with Crippen LogP contribution in [0.5, 0.6) is 0 Å². The van der Waals surface area contributed by atoms with Gasteiger partial charge in [0.05, 0.1) is 11.1 Å². The molecular weight excluding hydrogens is 369 g/mol. The second-order valence-electron chi connectivity index (χ2n) is 7.93. The van der Waals surface area contributed by atoms with Gasteiger partial charge in [0.25, 0.3) is 5.91 Å². The van der Waals surface area contributed by atoms with Crippen LogP contribution < -0.4 is 5.73 Å². The van der Waals surface area contributed by atoms with Crippen molar-refractivity contribution in [1.82, 2.24) is 9.88 Å². The highest BCUT2D eigenvalue weighted by atomic mass is 19.1. The third-order valence-corrected chi connectivity index (χ3v) is 5.84. The molecule has 2 aromatic carbocycles. The van der Waals surface area contributed by atoms with E-state index in [0.717, 1.165) is 30.2 Å². The van der Waals surface area contributed by atoms with E-state index in [1.54, 1.807) is 12.1 Å². The number of aromatic nitrogens is 1. The summed E-state index contributed by atoms with van der Waals surface area (Å²) < 4.78 is 13.7. The minimum Gasteiger partial charge on any atom is -0.368 e. The van der Waals surface area contributed by atoms with Crippen molar-refractivity contribution >= 4 is 22.7 Å². The molecule has 0 fully saturated rings. The van der Waals surface area contributed by atoms with Gasteiger partial charge in [0, 0.05) is 18.1 Å². The minimum absolute atomic E-state index is 0.338. The maximum absolute atomic E-state index is 13.7. The second-order valence-corrected chi connectivity index (χ2v) is 7.93. The first-order chi connectivity index (χ1) is 13.9. The zero-order valence-corrected chi connectivity index (χ0v) is 16.5.